The Balaban J connectivity index is 2.59. The first kappa shape index (κ1) is 18.1. The molecule has 118 valence electrons. The van der Waals surface area contributed by atoms with Crippen molar-refractivity contribution in [2.24, 2.45) is 0 Å². The van der Waals surface area contributed by atoms with Gasteiger partial charge in [0.2, 0.25) is 7.59 Å². The molecule has 0 bridgehead atoms. The van der Waals surface area contributed by atoms with Crippen LogP contribution in [0.4, 0.5) is 11.4 Å². The maximum Gasteiger partial charge on any atom is 0.218 e. The SMILES string of the molecule is Nc1ccc(-c2ccc(N)c(C(Cl)(Cl)Cl)c2)cc1C(Cl)(Cl)Cl. The summed E-state index contributed by atoms with van der Waals surface area (Å²) in [5.74, 6) is 0. The van der Waals surface area contributed by atoms with Crippen molar-refractivity contribution >= 4 is 81.0 Å². The van der Waals surface area contributed by atoms with E-state index in [1.807, 2.05) is 0 Å². The second-order valence-corrected chi connectivity index (χ2v) is 9.16. The van der Waals surface area contributed by atoms with Crippen LogP contribution in [-0.4, -0.2) is 0 Å². The molecule has 0 atom stereocenters. The summed E-state index contributed by atoms with van der Waals surface area (Å²) >= 11 is 35.5. The first-order chi connectivity index (χ1) is 10.00. The molecule has 0 saturated heterocycles. The second-order valence-electron chi connectivity index (χ2n) is 4.60. The zero-order valence-electron chi connectivity index (χ0n) is 10.9. The Hall–Kier alpha value is -0.220. The Morgan fingerprint density at radius 1 is 0.591 bits per heavy atom. The molecule has 0 aromatic heterocycles. The van der Waals surface area contributed by atoms with Crippen LogP contribution in [0.25, 0.3) is 11.1 Å². The van der Waals surface area contributed by atoms with E-state index in [-0.39, 0.29) is 0 Å². The lowest BCUT2D eigenvalue weighted by Crippen LogP contribution is -2.06. The molecule has 0 fully saturated rings. The molecule has 2 nitrogen and oxygen atoms in total. The Morgan fingerprint density at radius 3 is 1.18 bits per heavy atom. The molecular formula is C14H10Cl6N2. The van der Waals surface area contributed by atoms with E-state index in [9.17, 15) is 0 Å². The molecule has 0 heterocycles. The number of nitrogens with two attached hydrogens (primary N) is 2. The van der Waals surface area contributed by atoms with Gasteiger partial charge in [-0.15, -0.1) is 0 Å². The standard InChI is InChI=1S/C14H10Cl6N2/c15-13(16,17)9-5-7(1-3-11(9)21)8-2-4-12(22)10(6-8)14(18,19)20/h1-6H,21-22H2. The highest BCUT2D eigenvalue weighted by Gasteiger charge is 2.28. The van der Waals surface area contributed by atoms with E-state index in [1.165, 1.54) is 0 Å². The fourth-order valence-corrected chi connectivity index (χ4v) is 2.94. The molecular weight excluding hydrogens is 409 g/mol. The summed E-state index contributed by atoms with van der Waals surface area (Å²) in [5.41, 5.74) is 14.7. The van der Waals surface area contributed by atoms with E-state index < -0.39 is 7.59 Å². The highest BCUT2D eigenvalue weighted by atomic mass is 35.6. The lowest BCUT2D eigenvalue weighted by atomic mass is 10.00. The van der Waals surface area contributed by atoms with Crippen molar-refractivity contribution in [1.29, 1.82) is 0 Å². The van der Waals surface area contributed by atoms with Crippen molar-refractivity contribution in [1.82, 2.24) is 0 Å². The van der Waals surface area contributed by atoms with Gasteiger partial charge in [0.15, 0.2) is 0 Å². The molecule has 2 aromatic carbocycles. The highest BCUT2D eigenvalue weighted by molar-refractivity contribution is 6.67. The molecule has 0 spiro atoms. The minimum absolute atomic E-state index is 0.376. The number of rotatable bonds is 1. The number of hydrogen-bond acceptors (Lipinski definition) is 2. The molecule has 0 saturated carbocycles. The Kier molecular flexibility index (Phi) is 5.23. The maximum atomic E-state index is 5.92. The van der Waals surface area contributed by atoms with Gasteiger partial charge in [0.25, 0.3) is 0 Å². The van der Waals surface area contributed by atoms with Gasteiger partial charge < -0.3 is 11.5 Å². The van der Waals surface area contributed by atoms with E-state index in [0.29, 0.717) is 22.5 Å². The highest BCUT2D eigenvalue weighted by Crippen LogP contribution is 2.45. The van der Waals surface area contributed by atoms with Crippen LogP contribution in [0.15, 0.2) is 36.4 Å². The van der Waals surface area contributed by atoms with Crippen molar-refractivity contribution in [2.45, 2.75) is 7.59 Å². The zero-order valence-corrected chi connectivity index (χ0v) is 15.4. The first-order valence-electron chi connectivity index (χ1n) is 5.94. The number of anilines is 2. The smallest absolute Gasteiger partial charge is 0.218 e. The van der Waals surface area contributed by atoms with Crippen LogP contribution in [0.3, 0.4) is 0 Å². The van der Waals surface area contributed by atoms with Crippen molar-refractivity contribution < 1.29 is 0 Å². The van der Waals surface area contributed by atoms with Gasteiger partial charge in [-0.25, -0.2) is 0 Å². The van der Waals surface area contributed by atoms with Gasteiger partial charge in [0.05, 0.1) is 0 Å². The van der Waals surface area contributed by atoms with Gasteiger partial charge in [-0.2, -0.15) is 0 Å². The Morgan fingerprint density at radius 2 is 0.909 bits per heavy atom. The zero-order chi connectivity index (χ0) is 16.7. The predicted molar refractivity (Wildman–Crippen MR) is 99.2 cm³/mol. The number of nitrogen functional groups attached to an aromatic ring is 2. The predicted octanol–water partition coefficient (Wildman–Crippen LogP) is 6.17. The second kappa shape index (κ2) is 6.35. The van der Waals surface area contributed by atoms with Crippen LogP contribution in [0.5, 0.6) is 0 Å². The number of hydrogen-bond donors (Lipinski definition) is 2. The minimum atomic E-state index is -1.63. The fraction of sp³-hybridized carbons (Fsp3) is 0.143. The topological polar surface area (TPSA) is 52.0 Å². The summed E-state index contributed by atoms with van der Waals surface area (Å²) in [6.07, 6.45) is 0. The van der Waals surface area contributed by atoms with Gasteiger partial charge in [-0.1, -0.05) is 81.7 Å². The largest absolute Gasteiger partial charge is 0.398 e. The van der Waals surface area contributed by atoms with Crippen molar-refractivity contribution in [3.63, 3.8) is 0 Å². The monoisotopic (exact) mass is 416 g/mol. The van der Waals surface area contributed by atoms with E-state index in [2.05, 4.69) is 0 Å². The third-order valence-electron chi connectivity index (χ3n) is 3.05. The number of alkyl halides is 6. The number of benzene rings is 2. The number of halogens is 6. The average Bonchev–Trinajstić information content (AvgIpc) is 2.37. The van der Waals surface area contributed by atoms with Gasteiger partial charge in [-0.3, -0.25) is 0 Å². The van der Waals surface area contributed by atoms with Crippen molar-refractivity contribution in [3.8, 4) is 11.1 Å². The molecule has 0 unspecified atom stereocenters. The van der Waals surface area contributed by atoms with Gasteiger partial charge in [0, 0.05) is 22.5 Å². The summed E-state index contributed by atoms with van der Waals surface area (Å²) < 4.78 is -3.27. The third-order valence-corrected chi connectivity index (χ3v) is 4.27. The van der Waals surface area contributed by atoms with Crippen molar-refractivity contribution in [2.75, 3.05) is 11.5 Å². The van der Waals surface area contributed by atoms with Crippen molar-refractivity contribution in [3.05, 3.63) is 47.5 Å². The lowest BCUT2D eigenvalue weighted by Gasteiger charge is -2.18. The Bertz CT molecular complexity index is 642. The van der Waals surface area contributed by atoms with Crippen LogP contribution in [0.1, 0.15) is 11.1 Å². The third kappa shape index (κ3) is 4.00. The fourth-order valence-electron chi connectivity index (χ4n) is 1.96. The van der Waals surface area contributed by atoms with E-state index in [0.717, 1.165) is 11.1 Å². The molecule has 8 heteroatoms. The van der Waals surface area contributed by atoms with Crippen LogP contribution in [0, 0.1) is 0 Å². The van der Waals surface area contributed by atoms with Gasteiger partial charge in [-0.05, 0) is 35.4 Å². The minimum Gasteiger partial charge on any atom is -0.398 e. The molecule has 2 aromatic rings. The van der Waals surface area contributed by atoms with E-state index in [4.69, 9.17) is 81.1 Å². The first-order valence-corrected chi connectivity index (χ1v) is 8.21. The molecule has 22 heavy (non-hydrogen) atoms. The molecule has 2 rings (SSSR count). The van der Waals surface area contributed by atoms with Crippen LogP contribution in [-0.2, 0) is 7.59 Å². The summed E-state index contributed by atoms with van der Waals surface area (Å²) in [6.45, 7) is 0. The quantitative estimate of drug-likeness (QED) is 0.429. The van der Waals surface area contributed by atoms with E-state index in [1.54, 1.807) is 36.4 Å². The summed E-state index contributed by atoms with van der Waals surface area (Å²) in [6, 6.07) is 10.2. The Labute approximate surface area is 158 Å². The summed E-state index contributed by atoms with van der Waals surface area (Å²) in [5, 5.41) is 0. The molecule has 4 N–H and O–H groups in total. The van der Waals surface area contributed by atoms with Gasteiger partial charge >= 0.3 is 0 Å². The molecule has 0 aliphatic rings. The normalized spacial score (nSPS) is 12.5. The van der Waals surface area contributed by atoms with Gasteiger partial charge in [0.1, 0.15) is 0 Å². The average molecular weight is 419 g/mol. The lowest BCUT2D eigenvalue weighted by molar-refractivity contribution is 1.24. The van der Waals surface area contributed by atoms with Crippen LogP contribution >= 0.6 is 69.6 Å². The molecule has 0 radical (unpaired) electrons. The van der Waals surface area contributed by atoms with Crippen LogP contribution in [0.2, 0.25) is 0 Å². The summed E-state index contributed by atoms with van der Waals surface area (Å²) in [7, 11) is 0. The molecule has 0 amide bonds. The molecule has 0 aliphatic heterocycles. The van der Waals surface area contributed by atoms with E-state index >= 15 is 0 Å². The molecule has 0 aliphatic carbocycles. The summed E-state index contributed by atoms with van der Waals surface area (Å²) in [4.78, 5) is 0. The maximum absolute atomic E-state index is 5.92. The van der Waals surface area contributed by atoms with Crippen LogP contribution < -0.4 is 11.5 Å².